The fourth-order valence-corrected chi connectivity index (χ4v) is 8.70. The molecule has 0 aliphatic carbocycles. The first-order chi connectivity index (χ1) is 16.1. The zero-order valence-electron chi connectivity index (χ0n) is 18.2. The monoisotopic (exact) mass is 546 g/mol. The van der Waals surface area contributed by atoms with E-state index in [4.69, 9.17) is 22.1 Å². The lowest BCUT2D eigenvalue weighted by Gasteiger charge is -2.26. The van der Waals surface area contributed by atoms with E-state index < -0.39 is 34.0 Å². The Morgan fingerprint density at radius 1 is 1.26 bits per heavy atom. The first kappa shape index (κ1) is 24.9. The van der Waals surface area contributed by atoms with Crippen LogP contribution in [0.5, 0.6) is 0 Å². The van der Waals surface area contributed by atoms with Gasteiger partial charge in [0.05, 0.1) is 23.1 Å². The van der Waals surface area contributed by atoms with Crippen molar-refractivity contribution in [3.05, 3.63) is 32.5 Å². The van der Waals surface area contributed by atoms with Gasteiger partial charge in [0.15, 0.2) is 0 Å². The van der Waals surface area contributed by atoms with Crippen molar-refractivity contribution < 1.29 is 27.5 Å². The van der Waals surface area contributed by atoms with Crippen LogP contribution in [0.3, 0.4) is 0 Å². The maximum atomic E-state index is 13.2. The molecule has 4 rings (SSSR count). The summed E-state index contributed by atoms with van der Waals surface area (Å²) in [7, 11) is -3.90. The number of hydrogen-bond acceptors (Lipinski definition) is 8. The average Bonchev–Trinajstić information content (AvgIpc) is 3.51. The SMILES string of the molecule is CCOC(=O)N1CCc2c(sc(NC(=O)C3CCCN3S(=O)(=O)c3ccc(Cl)s3)c2C(N)=O)C1. The molecule has 2 aromatic rings. The summed E-state index contributed by atoms with van der Waals surface area (Å²) in [4.78, 5) is 39.8. The molecule has 10 nitrogen and oxygen atoms in total. The lowest BCUT2D eigenvalue weighted by molar-refractivity contribution is -0.119. The molecule has 184 valence electrons. The van der Waals surface area contributed by atoms with Gasteiger partial charge in [-0.05, 0) is 43.9 Å². The minimum Gasteiger partial charge on any atom is -0.450 e. The van der Waals surface area contributed by atoms with Gasteiger partial charge >= 0.3 is 6.09 Å². The quantitative estimate of drug-likeness (QED) is 0.571. The summed E-state index contributed by atoms with van der Waals surface area (Å²) in [5, 5.41) is 3.00. The van der Waals surface area contributed by atoms with E-state index in [2.05, 4.69) is 5.32 Å². The van der Waals surface area contributed by atoms with Crippen molar-refractivity contribution in [3.8, 4) is 0 Å². The molecule has 1 atom stereocenters. The smallest absolute Gasteiger partial charge is 0.410 e. The molecule has 2 aliphatic rings. The molecule has 1 unspecified atom stereocenters. The lowest BCUT2D eigenvalue weighted by Crippen LogP contribution is -2.43. The number of carbonyl (C=O) groups excluding carboxylic acids is 3. The molecule has 0 saturated carbocycles. The van der Waals surface area contributed by atoms with Gasteiger partial charge in [0.2, 0.25) is 5.91 Å². The van der Waals surface area contributed by atoms with E-state index >= 15 is 0 Å². The molecule has 1 fully saturated rings. The first-order valence-corrected chi connectivity index (χ1v) is 14.0. The number of halogens is 1. The van der Waals surface area contributed by atoms with Crippen LogP contribution in [0.15, 0.2) is 16.3 Å². The van der Waals surface area contributed by atoms with E-state index in [1.165, 1.54) is 21.3 Å². The number of thiophene rings is 2. The standard InChI is InChI=1S/C20H23ClN4O6S3/c1-2-31-20(28)24-9-7-11-13(10-24)32-19(16(11)17(22)26)23-18(27)12-4-3-8-25(12)34(29,30)15-6-5-14(21)33-15/h5-6,12H,2-4,7-10H2,1H3,(H2,22,26)(H,23,27). The highest BCUT2D eigenvalue weighted by atomic mass is 35.5. The second-order valence-electron chi connectivity index (χ2n) is 7.76. The molecular formula is C20H23ClN4O6S3. The Labute approximate surface area is 209 Å². The third-order valence-corrected chi connectivity index (χ3v) is 10.4. The number of nitrogens with one attached hydrogen (secondary N) is 1. The molecule has 3 N–H and O–H groups in total. The molecule has 0 aromatic carbocycles. The predicted octanol–water partition coefficient (Wildman–Crippen LogP) is 2.87. The Kier molecular flexibility index (Phi) is 7.20. The number of rotatable bonds is 6. The van der Waals surface area contributed by atoms with Gasteiger partial charge in [-0.25, -0.2) is 13.2 Å². The molecule has 1 saturated heterocycles. The minimum absolute atomic E-state index is 0.0701. The van der Waals surface area contributed by atoms with Crippen molar-refractivity contribution in [2.24, 2.45) is 5.73 Å². The van der Waals surface area contributed by atoms with Crippen LogP contribution in [0.4, 0.5) is 9.80 Å². The largest absolute Gasteiger partial charge is 0.450 e. The van der Waals surface area contributed by atoms with E-state index in [1.807, 2.05) is 0 Å². The number of fused-ring (bicyclic) bond motifs is 1. The molecule has 0 spiro atoms. The van der Waals surface area contributed by atoms with Gasteiger partial charge in [-0.2, -0.15) is 4.31 Å². The van der Waals surface area contributed by atoms with Gasteiger partial charge < -0.3 is 20.7 Å². The van der Waals surface area contributed by atoms with Crippen molar-refractivity contribution in [3.63, 3.8) is 0 Å². The molecular weight excluding hydrogens is 524 g/mol. The van der Waals surface area contributed by atoms with Gasteiger partial charge in [0.1, 0.15) is 15.3 Å². The van der Waals surface area contributed by atoms with Crippen LogP contribution < -0.4 is 11.1 Å². The third-order valence-electron chi connectivity index (χ3n) is 5.68. The van der Waals surface area contributed by atoms with E-state index in [0.29, 0.717) is 35.7 Å². The summed E-state index contributed by atoms with van der Waals surface area (Å²) in [6.07, 6.45) is 0.807. The molecule has 3 amide bonds. The summed E-state index contributed by atoms with van der Waals surface area (Å²) < 4.78 is 32.8. The number of sulfonamides is 1. The molecule has 34 heavy (non-hydrogen) atoms. The molecule has 2 aromatic heterocycles. The van der Waals surface area contributed by atoms with Gasteiger partial charge in [-0.15, -0.1) is 22.7 Å². The van der Waals surface area contributed by atoms with Crippen LogP contribution in [-0.4, -0.2) is 61.3 Å². The van der Waals surface area contributed by atoms with Crippen LogP contribution in [0, 0.1) is 0 Å². The first-order valence-electron chi connectivity index (χ1n) is 10.6. The highest BCUT2D eigenvalue weighted by molar-refractivity contribution is 7.91. The van der Waals surface area contributed by atoms with Crippen molar-refractivity contribution in [1.29, 1.82) is 0 Å². The summed E-state index contributed by atoms with van der Waals surface area (Å²) in [5.74, 6) is -1.23. The number of carbonyl (C=O) groups is 3. The number of primary amides is 1. The maximum absolute atomic E-state index is 13.2. The minimum atomic E-state index is -3.90. The molecule has 4 heterocycles. The maximum Gasteiger partial charge on any atom is 0.410 e. The molecule has 14 heteroatoms. The van der Waals surface area contributed by atoms with Gasteiger partial charge in [0, 0.05) is 18.0 Å². The van der Waals surface area contributed by atoms with E-state index in [9.17, 15) is 22.8 Å². The predicted molar refractivity (Wildman–Crippen MR) is 129 cm³/mol. The van der Waals surface area contributed by atoms with Crippen molar-refractivity contribution in [1.82, 2.24) is 9.21 Å². The Morgan fingerprint density at radius 2 is 2.03 bits per heavy atom. The number of anilines is 1. The lowest BCUT2D eigenvalue weighted by atomic mass is 10.0. The van der Waals surface area contributed by atoms with Gasteiger partial charge in [-0.1, -0.05) is 11.6 Å². The van der Waals surface area contributed by atoms with Crippen LogP contribution in [0.1, 0.15) is 40.6 Å². The summed E-state index contributed by atoms with van der Waals surface area (Å²) in [5.41, 5.74) is 6.52. The molecule has 0 bridgehead atoms. The Morgan fingerprint density at radius 3 is 2.68 bits per heavy atom. The molecule has 2 aliphatic heterocycles. The molecule has 0 radical (unpaired) electrons. The topological polar surface area (TPSA) is 139 Å². The summed E-state index contributed by atoms with van der Waals surface area (Å²) in [6.45, 7) is 2.76. The van der Waals surface area contributed by atoms with E-state index in [-0.39, 0.29) is 34.5 Å². The normalized spacial score (nSPS) is 18.5. The number of ether oxygens (including phenoxy) is 1. The summed E-state index contributed by atoms with van der Waals surface area (Å²) in [6, 6.07) is 1.99. The average molecular weight is 547 g/mol. The summed E-state index contributed by atoms with van der Waals surface area (Å²) >= 11 is 8.00. The number of amides is 3. The Bertz CT molecular complexity index is 1240. The van der Waals surface area contributed by atoms with Gasteiger partial charge in [0.25, 0.3) is 15.9 Å². The highest BCUT2D eigenvalue weighted by Crippen LogP contribution is 2.38. The highest BCUT2D eigenvalue weighted by Gasteiger charge is 2.41. The van der Waals surface area contributed by atoms with Crippen LogP contribution >= 0.6 is 34.3 Å². The zero-order valence-corrected chi connectivity index (χ0v) is 21.4. The Hall–Kier alpha value is -2.19. The Balaban J connectivity index is 1.57. The van der Waals surface area contributed by atoms with Crippen molar-refractivity contribution >= 4 is 67.2 Å². The van der Waals surface area contributed by atoms with Crippen LogP contribution in [0.25, 0.3) is 0 Å². The van der Waals surface area contributed by atoms with Crippen molar-refractivity contribution in [2.45, 2.75) is 43.0 Å². The van der Waals surface area contributed by atoms with Gasteiger partial charge in [-0.3, -0.25) is 9.59 Å². The third kappa shape index (κ3) is 4.67. The second-order valence-corrected chi connectivity index (χ2v) is 12.7. The zero-order chi connectivity index (χ0) is 24.6. The van der Waals surface area contributed by atoms with E-state index in [1.54, 1.807) is 6.92 Å². The number of nitrogens with two attached hydrogens (primary N) is 1. The van der Waals surface area contributed by atoms with Crippen LogP contribution in [0.2, 0.25) is 4.34 Å². The van der Waals surface area contributed by atoms with Crippen molar-refractivity contribution in [2.75, 3.05) is 25.0 Å². The number of hydrogen-bond donors (Lipinski definition) is 2. The van der Waals surface area contributed by atoms with Crippen LogP contribution in [-0.2, 0) is 32.5 Å². The number of nitrogens with zero attached hydrogens (tertiary/aromatic N) is 2. The fraction of sp³-hybridized carbons (Fsp3) is 0.450. The fourth-order valence-electron chi connectivity index (χ4n) is 4.16. The van der Waals surface area contributed by atoms with E-state index in [0.717, 1.165) is 27.6 Å². The second kappa shape index (κ2) is 9.82.